The van der Waals surface area contributed by atoms with Gasteiger partial charge in [-0.05, 0) is 25.1 Å². The number of likely N-dealkylation sites (N-methyl/N-ethyl adjacent to an activating group) is 1. The Bertz CT molecular complexity index is 588. The number of anilines is 1. The lowest BCUT2D eigenvalue weighted by atomic mass is 10.1. The van der Waals surface area contributed by atoms with Crippen LogP contribution in [-0.2, 0) is 9.59 Å². The first-order valence-electron chi connectivity index (χ1n) is 5.97. The summed E-state index contributed by atoms with van der Waals surface area (Å²) in [5, 5.41) is 11.3. The Morgan fingerprint density at radius 1 is 1.45 bits per heavy atom. The number of amides is 2. The number of carbonyl (C=O) groups is 3. The van der Waals surface area contributed by atoms with E-state index in [9.17, 15) is 14.4 Å². The first kappa shape index (κ1) is 14.4. The van der Waals surface area contributed by atoms with E-state index in [1.807, 2.05) is 6.92 Å². The summed E-state index contributed by atoms with van der Waals surface area (Å²) in [7, 11) is 1.42. The number of aliphatic carboxylic acids is 1. The highest BCUT2D eigenvalue weighted by Crippen LogP contribution is 2.36. The van der Waals surface area contributed by atoms with Gasteiger partial charge in [-0.3, -0.25) is 14.4 Å². The van der Waals surface area contributed by atoms with Crippen LogP contribution < -0.4 is 5.32 Å². The van der Waals surface area contributed by atoms with Crippen molar-refractivity contribution in [3.05, 3.63) is 23.8 Å². The molecule has 0 spiro atoms. The lowest BCUT2D eigenvalue weighted by Gasteiger charge is -2.22. The molecule has 0 radical (unpaired) electrons. The number of hydrogen-bond acceptors (Lipinski definition) is 4. The van der Waals surface area contributed by atoms with Crippen LogP contribution in [0.2, 0.25) is 0 Å². The molecule has 1 atom stereocenters. The van der Waals surface area contributed by atoms with E-state index in [-0.39, 0.29) is 17.7 Å². The van der Waals surface area contributed by atoms with Gasteiger partial charge in [-0.1, -0.05) is 0 Å². The van der Waals surface area contributed by atoms with Crippen molar-refractivity contribution in [1.82, 2.24) is 4.90 Å². The van der Waals surface area contributed by atoms with Crippen LogP contribution in [0, 0.1) is 0 Å². The normalized spacial score (nSPS) is 17.1. The SMILES string of the molecule is CC1Sc2ccc(C(=O)N(C)CC(=O)O)cc2NC1=O. The van der Waals surface area contributed by atoms with Gasteiger partial charge in [0.05, 0.1) is 10.9 Å². The fraction of sp³-hybridized carbons (Fsp3) is 0.308. The van der Waals surface area contributed by atoms with Gasteiger partial charge in [-0.25, -0.2) is 0 Å². The van der Waals surface area contributed by atoms with Crippen LogP contribution >= 0.6 is 11.8 Å². The van der Waals surface area contributed by atoms with E-state index in [1.165, 1.54) is 18.8 Å². The van der Waals surface area contributed by atoms with Crippen LogP contribution in [0.25, 0.3) is 0 Å². The minimum absolute atomic E-state index is 0.106. The highest BCUT2D eigenvalue weighted by molar-refractivity contribution is 8.00. The van der Waals surface area contributed by atoms with Gasteiger partial charge in [-0.15, -0.1) is 11.8 Å². The van der Waals surface area contributed by atoms with E-state index in [0.29, 0.717) is 11.3 Å². The van der Waals surface area contributed by atoms with Gasteiger partial charge < -0.3 is 15.3 Å². The van der Waals surface area contributed by atoms with Crippen LogP contribution in [0.4, 0.5) is 5.69 Å². The van der Waals surface area contributed by atoms with Gasteiger partial charge >= 0.3 is 5.97 Å². The molecule has 1 aromatic rings. The predicted molar refractivity (Wildman–Crippen MR) is 75.0 cm³/mol. The van der Waals surface area contributed by atoms with Gasteiger partial charge in [-0.2, -0.15) is 0 Å². The second-order valence-corrected chi connectivity index (χ2v) is 5.90. The Kier molecular flexibility index (Phi) is 3.99. The molecule has 7 heteroatoms. The largest absolute Gasteiger partial charge is 0.480 e. The second-order valence-electron chi connectivity index (χ2n) is 4.52. The van der Waals surface area contributed by atoms with E-state index in [0.717, 1.165) is 9.80 Å². The molecule has 1 heterocycles. The molecule has 1 aliphatic rings. The minimum Gasteiger partial charge on any atom is -0.480 e. The smallest absolute Gasteiger partial charge is 0.323 e. The number of thioether (sulfide) groups is 1. The molecule has 0 aromatic heterocycles. The van der Waals surface area contributed by atoms with Crippen molar-refractivity contribution < 1.29 is 19.5 Å². The Hall–Kier alpha value is -2.02. The number of carboxylic acids is 1. The zero-order chi connectivity index (χ0) is 14.9. The van der Waals surface area contributed by atoms with E-state index in [1.54, 1.807) is 18.2 Å². The molecule has 106 valence electrons. The topological polar surface area (TPSA) is 86.7 Å². The summed E-state index contributed by atoms with van der Waals surface area (Å²) in [4.78, 5) is 36.3. The molecule has 1 unspecified atom stereocenters. The molecule has 1 aliphatic heterocycles. The molecule has 0 bridgehead atoms. The first-order chi connectivity index (χ1) is 9.38. The van der Waals surface area contributed by atoms with Crippen molar-refractivity contribution in [1.29, 1.82) is 0 Å². The molecule has 1 aromatic carbocycles. The number of nitrogens with zero attached hydrogens (tertiary/aromatic N) is 1. The standard InChI is InChI=1S/C13H14N2O4S/c1-7-12(18)14-9-5-8(3-4-10(9)20-7)13(19)15(2)6-11(16)17/h3-5,7H,6H2,1-2H3,(H,14,18)(H,16,17). The number of rotatable bonds is 3. The molecule has 0 saturated carbocycles. The summed E-state index contributed by atoms with van der Waals surface area (Å²) in [6.07, 6.45) is 0. The monoisotopic (exact) mass is 294 g/mol. The minimum atomic E-state index is -1.07. The van der Waals surface area contributed by atoms with Crippen molar-refractivity contribution in [2.24, 2.45) is 0 Å². The summed E-state index contributed by atoms with van der Waals surface area (Å²) in [5.41, 5.74) is 0.940. The summed E-state index contributed by atoms with van der Waals surface area (Å²) < 4.78 is 0. The average molecular weight is 294 g/mol. The molecular weight excluding hydrogens is 280 g/mol. The number of hydrogen-bond donors (Lipinski definition) is 2. The van der Waals surface area contributed by atoms with Crippen LogP contribution in [0.3, 0.4) is 0 Å². The Morgan fingerprint density at radius 3 is 2.80 bits per heavy atom. The zero-order valence-corrected chi connectivity index (χ0v) is 11.9. The van der Waals surface area contributed by atoms with E-state index >= 15 is 0 Å². The average Bonchev–Trinajstić information content (AvgIpc) is 2.38. The fourth-order valence-electron chi connectivity index (χ4n) is 1.84. The molecule has 20 heavy (non-hydrogen) atoms. The molecule has 2 N–H and O–H groups in total. The maximum atomic E-state index is 12.1. The van der Waals surface area contributed by atoms with E-state index in [2.05, 4.69) is 5.32 Å². The fourth-order valence-corrected chi connectivity index (χ4v) is 2.77. The van der Waals surface area contributed by atoms with Crippen LogP contribution in [0.1, 0.15) is 17.3 Å². The summed E-state index contributed by atoms with van der Waals surface area (Å²) in [6.45, 7) is 1.44. The maximum absolute atomic E-state index is 12.1. The molecule has 0 saturated heterocycles. The molecule has 0 aliphatic carbocycles. The van der Waals surface area contributed by atoms with Crippen molar-refractivity contribution >= 4 is 35.2 Å². The van der Waals surface area contributed by atoms with Crippen molar-refractivity contribution in [2.75, 3.05) is 18.9 Å². The van der Waals surface area contributed by atoms with Gasteiger partial charge in [0.2, 0.25) is 5.91 Å². The third-order valence-electron chi connectivity index (χ3n) is 2.88. The zero-order valence-electron chi connectivity index (χ0n) is 11.0. The molecular formula is C13H14N2O4S. The van der Waals surface area contributed by atoms with Crippen molar-refractivity contribution in [3.8, 4) is 0 Å². The molecule has 2 amide bonds. The van der Waals surface area contributed by atoms with Gasteiger partial charge in [0.25, 0.3) is 5.91 Å². The quantitative estimate of drug-likeness (QED) is 0.877. The van der Waals surface area contributed by atoms with E-state index in [4.69, 9.17) is 5.11 Å². The highest BCUT2D eigenvalue weighted by Gasteiger charge is 2.24. The predicted octanol–water partition coefficient (Wildman–Crippen LogP) is 1.28. The lowest BCUT2D eigenvalue weighted by molar-refractivity contribution is -0.137. The molecule has 2 rings (SSSR count). The number of carbonyl (C=O) groups excluding carboxylic acids is 2. The van der Waals surface area contributed by atoms with Crippen LogP contribution in [-0.4, -0.2) is 46.6 Å². The Labute approximate surface area is 120 Å². The van der Waals surface area contributed by atoms with Gasteiger partial charge in [0, 0.05) is 17.5 Å². The van der Waals surface area contributed by atoms with Crippen LogP contribution in [0.5, 0.6) is 0 Å². The van der Waals surface area contributed by atoms with Crippen molar-refractivity contribution in [3.63, 3.8) is 0 Å². The Balaban J connectivity index is 2.23. The Morgan fingerprint density at radius 2 is 2.15 bits per heavy atom. The first-order valence-corrected chi connectivity index (χ1v) is 6.85. The second kappa shape index (κ2) is 5.54. The van der Waals surface area contributed by atoms with Crippen molar-refractivity contribution in [2.45, 2.75) is 17.1 Å². The lowest BCUT2D eigenvalue weighted by Crippen LogP contribution is -2.32. The number of nitrogens with one attached hydrogen (secondary N) is 1. The van der Waals surface area contributed by atoms with Crippen LogP contribution in [0.15, 0.2) is 23.1 Å². The molecule has 0 fully saturated rings. The van der Waals surface area contributed by atoms with E-state index < -0.39 is 11.9 Å². The third-order valence-corrected chi connectivity index (χ3v) is 4.05. The summed E-state index contributed by atoms with van der Waals surface area (Å²) >= 11 is 1.43. The van der Waals surface area contributed by atoms with Gasteiger partial charge in [0.1, 0.15) is 6.54 Å². The highest BCUT2D eigenvalue weighted by atomic mass is 32.2. The molecule has 6 nitrogen and oxygen atoms in total. The number of carboxylic acid groups (broad SMARTS) is 1. The number of fused-ring (bicyclic) bond motifs is 1. The maximum Gasteiger partial charge on any atom is 0.323 e. The number of benzene rings is 1. The summed E-state index contributed by atoms with van der Waals surface area (Å²) in [6, 6.07) is 4.97. The van der Waals surface area contributed by atoms with Gasteiger partial charge in [0.15, 0.2) is 0 Å². The third kappa shape index (κ3) is 2.93. The summed E-state index contributed by atoms with van der Waals surface area (Å²) in [5.74, 6) is -1.57.